The van der Waals surface area contributed by atoms with Crippen molar-refractivity contribution in [3.63, 3.8) is 0 Å². The van der Waals surface area contributed by atoms with E-state index in [-0.39, 0.29) is 0 Å². The lowest BCUT2D eigenvalue weighted by Crippen LogP contribution is -2.36. The predicted octanol–water partition coefficient (Wildman–Crippen LogP) is 1.99. The summed E-state index contributed by atoms with van der Waals surface area (Å²) in [6.07, 6.45) is 2.21. The van der Waals surface area contributed by atoms with Crippen molar-refractivity contribution in [3.05, 3.63) is 46.5 Å². The van der Waals surface area contributed by atoms with Crippen LogP contribution < -0.4 is 5.73 Å². The van der Waals surface area contributed by atoms with Gasteiger partial charge in [-0.25, -0.2) is 4.98 Å². The van der Waals surface area contributed by atoms with Crippen LogP contribution in [-0.2, 0) is 19.0 Å². The van der Waals surface area contributed by atoms with Crippen molar-refractivity contribution in [2.45, 2.75) is 18.9 Å². The first kappa shape index (κ1) is 12.3. The molecule has 1 aromatic heterocycles. The highest BCUT2D eigenvalue weighted by molar-refractivity contribution is 9.10. The molecule has 0 aliphatic carbocycles. The summed E-state index contributed by atoms with van der Waals surface area (Å²) in [5.74, 6) is 0.887. The normalized spacial score (nSPS) is 14.6. The topological polar surface area (TPSA) is 56.7 Å². The van der Waals surface area contributed by atoms with Crippen molar-refractivity contribution in [3.8, 4) is 0 Å². The molecule has 17 heavy (non-hydrogen) atoms. The van der Waals surface area contributed by atoms with Crippen LogP contribution in [0.3, 0.4) is 0 Å². The van der Waals surface area contributed by atoms with Gasteiger partial charge in [0.2, 0.25) is 0 Å². The van der Waals surface area contributed by atoms with E-state index in [0.717, 1.165) is 15.9 Å². The predicted molar refractivity (Wildman–Crippen MR) is 70.4 cm³/mol. The summed E-state index contributed by atoms with van der Waals surface area (Å²) in [6, 6.07) is 8.05. The Balaban J connectivity index is 2.24. The Kier molecular flexibility index (Phi) is 3.31. The van der Waals surface area contributed by atoms with Crippen LogP contribution in [0.4, 0.5) is 0 Å². The second kappa shape index (κ2) is 4.58. The Labute approximate surface area is 109 Å². The summed E-state index contributed by atoms with van der Waals surface area (Å²) in [6.45, 7) is 2.00. The van der Waals surface area contributed by atoms with Gasteiger partial charge in [0.25, 0.3) is 0 Å². The molecule has 5 heteroatoms. The molecule has 0 bridgehead atoms. The quantitative estimate of drug-likeness (QED) is 0.942. The van der Waals surface area contributed by atoms with Crippen molar-refractivity contribution in [1.29, 1.82) is 0 Å². The Morgan fingerprint density at radius 1 is 1.35 bits per heavy atom. The standard InChI is InChI=1S/C12H15BrN4/c1-12(14,7-11-15-8-16-17(11)2)9-3-5-10(13)6-4-9/h3-6,8H,7,14H2,1-2H3. The Bertz CT molecular complexity index is 501. The molecule has 4 nitrogen and oxygen atoms in total. The molecule has 2 rings (SSSR count). The van der Waals surface area contributed by atoms with Gasteiger partial charge in [-0.1, -0.05) is 28.1 Å². The summed E-state index contributed by atoms with van der Waals surface area (Å²) in [4.78, 5) is 4.21. The van der Waals surface area contributed by atoms with Gasteiger partial charge in [-0.2, -0.15) is 5.10 Å². The lowest BCUT2D eigenvalue weighted by molar-refractivity contribution is 0.465. The highest BCUT2D eigenvalue weighted by Crippen LogP contribution is 2.23. The molecule has 1 unspecified atom stereocenters. The van der Waals surface area contributed by atoms with Crippen molar-refractivity contribution < 1.29 is 0 Å². The highest BCUT2D eigenvalue weighted by atomic mass is 79.9. The monoisotopic (exact) mass is 294 g/mol. The fourth-order valence-electron chi connectivity index (χ4n) is 1.74. The van der Waals surface area contributed by atoms with Crippen LogP contribution in [0, 0.1) is 0 Å². The zero-order chi connectivity index (χ0) is 12.5. The van der Waals surface area contributed by atoms with Crippen molar-refractivity contribution in [2.24, 2.45) is 12.8 Å². The van der Waals surface area contributed by atoms with E-state index in [1.807, 2.05) is 38.2 Å². The van der Waals surface area contributed by atoms with Crippen LogP contribution >= 0.6 is 15.9 Å². The third-order valence-corrected chi connectivity index (χ3v) is 3.36. The maximum Gasteiger partial charge on any atom is 0.138 e. The Morgan fingerprint density at radius 3 is 2.53 bits per heavy atom. The van der Waals surface area contributed by atoms with Gasteiger partial charge in [-0.15, -0.1) is 0 Å². The first-order chi connectivity index (χ1) is 7.99. The average Bonchev–Trinajstić information content (AvgIpc) is 2.64. The van der Waals surface area contributed by atoms with Gasteiger partial charge in [-0.05, 0) is 24.6 Å². The largest absolute Gasteiger partial charge is 0.321 e. The van der Waals surface area contributed by atoms with E-state index in [0.29, 0.717) is 6.42 Å². The van der Waals surface area contributed by atoms with Crippen molar-refractivity contribution in [1.82, 2.24) is 14.8 Å². The fourth-order valence-corrected chi connectivity index (χ4v) is 2.01. The number of nitrogens with two attached hydrogens (primary N) is 1. The summed E-state index contributed by atoms with van der Waals surface area (Å²) in [5.41, 5.74) is 7.00. The van der Waals surface area contributed by atoms with Gasteiger partial charge < -0.3 is 5.73 Å². The van der Waals surface area contributed by atoms with Gasteiger partial charge in [-0.3, -0.25) is 4.68 Å². The first-order valence-electron chi connectivity index (χ1n) is 5.37. The lowest BCUT2D eigenvalue weighted by atomic mass is 9.89. The number of benzene rings is 1. The molecule has 90 valence electrons. The molecule has 0 aliphatic rings. The molecule has 2 aromatic rings. The molecular formula is C12H15BrN4. The highest BCUT2D eigenvalue weighted by Gasteiger charge is 2.23. The molecule has 0 fully saturated rings. The number of halogens is 1. The number of rotatable bonds is 3. The maximum atomic E-state index is 6.35. The van der Waals surface area contributed by atoms with E-state index >= 15 is 0 Å². The van der Waals surface area contributed by atoms with Gasteiger partial charge in [0.15, 0.2) is 0 Å². The summed E-state index contributed by atoms with van der Waals surface area (Å²) in [5, 5.41) is 4.05. The van der Waals surface area contributed by atoms with Crippen LogP contribution in [0.2, 0.25) is 0 Å². The molecule has 1 atom stereocenters. The van der Waals surface area contributed by atoms with E-state index in [1.165, 1.54) is 0 Å². The molecule has 1 heterocycles. The van der Waals surface area contributed by atoms with Crippen LogP contribution in [0.15, 0.2) is 35.1 Å². The minimum absolute atomic E-state index is 0.443. The molecule has 0 spiro atoms. The zero-order valence-corrected chi connectivity index (χ0v) is 11.5. The zero-order valence-electron chi connectivity index (χ0n) is 9.89. The SMILES string of the molecule is Cn1ncnc1CC(C)(N)c1ccc(Br)cc1. The lowest BCUT2D eigenvalue weighted by Gasteiger charge is -2.24. The van der Waals surface area contributed by atoms with Gasteiger partial charge >= 0.3 is 0 Å². The van der Waals surface area contributed by atoms with Gasteiger partial charge in [0, 0.05) is 23.5 Å². The molecule has 0 aliphatic heterocycles. The van der Waals surface area contributed by atoms with Crippen LogP contribution in [-0.4, -0.2) is 14.8 Å². The van der Waals surface area contributed by atoms with E-state index < -0.39 is 5.54 Å². The van der Waals surface area contributed by atoms with Crippen molar-refractivity contribution in [2.75, 3.05) is 0 Å². The number of aryl methyl sites for hydroxylation is 1. The smallest absolute Gasteiger partial charge is 0.138 e. The summed E-state index contributed by atoms with van der Waals surface area (Å²) in [7, 11) is 1.87. The molecule has 0 radical (unpaired) electrons. The summed E-state index contributed by atoms with van der Waals surface area (Å²) < 4.78 is 2.81. The second-order valence-corrected chi connectivity index (χ2v) is 5.32. The number of hydrogen-bond donors (Lipinski definition) is 1. The number of nitrogens with zero attached hydrogens (tertiary/aromatic N) is 3. The van der Waals surface area contributed by atoms with E-state index in [4.69, 9.17) is 5.73 Å². The van der Waals surface area contributed by atoms with E-state index in [2.05, 4.69) is 26.0 Å². The minimum Gasteiger partial charge on any atom is -0.321 e. The number of aromatic nitrogens is 3. The fraction of sp³-hybridized carbons (Fsp3) is 0.333. The van der Waals surface area contributed by atoms with E-state index in [9.17, 15) is 0 Å². The van der Waals surface area contributed by atoms with Crippen LogP contribution in [0.25, 0.3) is 0 Å². The Hall–Kier alpha value is -1.20. The summed E-state index contributed by atoms with van der Waals surface area (Å²) >= 11 is 3.42. The second-order valence-electron chi connectivity index (χ2n) is 4.40. The van der Waals surface area contributed by atoms with Gasteiger partial charge in [0.05, 0.1) is 0 Å². The maximum absolute atomic E-state index is 6.35. The van der Waals surface area contributed by atoms with E-state index in [1.54, 1.807) is 11.0 Å². The molecule has 1 aromatic carbocycles. The third-order valence-electron chi connectivity index (χ3n) is 2.83. The third kappa shape index (κ3) is 2.73. The number of hydrogen-bond acceptors (Lipinski definition) is 3. The molecule has 2 N–H and O–H groups in total. The van der Waals surface area contributed by atoms with Crippen LogP contribution in [0.1, 0.15) is 18.3 Å². The van der Waals surface area contributed by atoms with Crippen LogP contribution in [0.5, 0.6) is 0 Å². The molecule has 0 saturated carbocycles. The minimum atomic E-state index is -0.443. The Morgan fingerprint density at radius 2 is 2.00 bits per heavy atom. The average molecular weight is 295 g/mol. The van der Waals surface area contributed by atoms with Gasteiger partial charge in [0.1, 0.15) is 12.2 Å². The molecule has 0 saturated heterocycles. The molecule has 0 amide bonds. The first-order valence-corrected chi connectivity index (χ1v) is 6.16. The van der Waals surface area contributed by atoms with Crippen molar-refractivity contribution >= 4 is 15.9 Å². The molecular weight excluding hydrogens is 280 g/mol.